The van der Waals surface area contributed by atoms with Crippen LogP contribution in [0.2, 0.25) is 0 Å². The number of furan rings is 1. The molecule has 0 aliphatic heterocycles. The van der Waals surface area contributed by atoms with E-state index in [1.807, 2.05) is 47.9 Å². The van der Waals surface area contributed by atoms with Crippen molar-refractivity contribution in [1.82, 2.24) is 14.8 Å². The fourth-order valence-corrected chi connectivity index (χ4v) is 2.92. The van der Waals surface area contributed by atoms with Gasteiger partial charge in [0.1, 0.15) is 17.8 Å². The third-order valence-corrected chi connectivity index (χ3v) is 4.26. The Labute approximate surface area is 149 Å². The number of thioether (sulfide) groups is 1. The van der Waals surface area contributed by atoms with Crippen LogP contribution in [-0.4, -0.2) is 33.0 Å². The van der Waals surface area contributed by atoms with E-state index in [0.29, 0.717) is 29.7 Å². The van der Waals surface area contributed by atoms with E-state index < -0.39 is 0 Å². The number of ether oxygens (including phenoxy) is 1. The molecule has 0 atom stereocenters. The highest BCUT2D eigenvalue weighted by Gasteiger charge is 2.12. The van der Waals surface area contributed by atoms with Crippen molar-refractivity contribution in [2.75, 3.05) is 17.7 Å². The van der Waals surface area contributed by atoms with Crippen LogP contribution >= 0.6 is 11.8 Å². The second kappa shape index (κ2) is 8.39. The molecule has 3 aromatic rings. The summed E-state index contributed by atoms with van der Waals surface area (Å²) in [6.07, 6.45) is 3.24. The van der Waals surface area contributed by atoms with Crippen molar-refractivity contribution < 1.29 is 13.9 Å². The molecule has 8 heteroatoms. The minimum Gasteiger partial charge on any atom is -0.492 e. The molecule has 1 amide bonds. The zero-order valence-electron chi connectivity index (χ0n) is 13.7. The van der Waals surface area contributed by atoms with Crippen molar-refractivity contribution in [3.63, 3.8) is 0 Å². The van der Waals surface area contributed by atoms with Gasteiger partial charge in [0.25, 0.3) is 0 Å². The van der Waals surface area contributed by atoms with E-state index in [-0.39, 0.29) is 11.7 Å². The first-order chi connectivity index (χ1) is 12.3. The maximum absolute atomic E-state index is 12.2. The Morgan fingerprint density at radius 2 is 2.20 bits per heavy atom. The number of carbonyl (C=O) groups excluding carboxylic acids is 1. The maximum atomic E-state index is 12.2. The van der Waals surface area contributed by atoms with Crippen LogP contribution in [-0.2, 0) is 11.3 Å². The highest BCUT2D eigenvalue weighted by atomic mass is 32.2. The molecule has 2 aromatic heterocycles. The van der Waals surface area contributed by atoms with Gasteiger partial charge in [0.2, 0.25) is 5.91 Å². The van der Waals surface area contributed by atoms with Crippen molar-refractivity contribution >= 4 is 23.4 Å². The molecule has 0 bridgehead atoms. The third kappa shape index (κ3) is 4.63. The van der Waals surface area contributed by atoms with Crippen LogP contribution in [0.1, 0.15) is 12.7 Å². The molecule has 0 radical (unpaired) electrons. The predicted molar refractivity (Wildman–Crippen MR) is 94.8 cm³/mol. The molecule has 0 saturated carbocycles. The molecule has 0 saturated heterocycles. The van der Waals surface area contributed by atoms with Gasteiger partial charge in [0, 0.05) is 0 Å². The highest BCUT2D eigenvalue weighted by Crippen LogP contribution is 2.24. The molecule has 0 aliphatic carbocycles. The van der Waals surface area contributed by atoms with Crippen molar-refractivity contribution in [2.45, 2.75) is 18.6 Å². The number of rotatable bonds is 8. The van der Waals surface area contributed by atoms with Gasteiger partial charge in [0.05, 0.1) is 30.9 Å². The zero-order chi connectivity index (χ0) is 17.5. The normalized spacial score (nSPS) is 10.6. The minimum absolute atomic E-state index is 0.135. The second-order valence-corrected chi connectivity index (χ2v) is 6.03. The zero-order valence-corrected chi connectivity index (χ0v) is 14.5. The van der Waals surface area contributed by atoms with E-state index in [0.717, 1.165) is 5.76 Å². The molecule has 3 rings (SSSR count). The van der Waals surface area contributed by atoms with Gasteiger partial charge in [0.15, 0.2) is 5.16 Å². The summed E-state index contributed by atoms with van der Waals surface area (Å²) in [6, 6.07) is 11.1. The van der Waals surface area contributed by atoms with Crippen LogP contribution in [0.4, 0.5) is 5.69 Å². The smallest absolute Gasteiger partial charge is 0.234 e. The SMILES string of the molecule is CCOc1ccccc1NC(=O)CSc1nncn1Cc1ccco1. The third-order valence-electron chi connectivity index (χ3n) is 3.28. The molecule has 0 spiro atoms. The number of carbonyl (C=O) groups is 1. The number of amides is 1. The van der Waals surface area contributed by atoms with Crippen LogP contribution in [0.5, 0.6) is 5.75 Å². The molecule has 0 fully saturated rings. The number of hydrogen-bond donors (Lipinski definition) is 1. The fourth-order valence-electron chi connectivity index (χ4n) is 2.20. The summed E-state index contributed by atoms with van der Waals surface area (Å²) in [5.41, 5.74) is 0.659. The summed E-state index contributed by atoms with van der Waals surface area (Å²) in [4.78, 5) is 12.2. The summed E-state index contributed by atoms with van der Waals surface area (Å²) >= 11 is 1.32. The van der Waals surface area contributed by atoms with E-state index in [1.54, 1.807) is 12.6 Å². The minimum atomic E-state index is -0.135. The Morgan fingerprint density at radius 3 is 3.00 bits per heavy atom. The van der Waals surface area contributed by atoms with E-state index >= 15 is 0 Å². The van der Waals surface area contributed by atoms with Gasteiger partial charge in [-0.1, -0.05) is 23.9 Å². The largest absolute Gasteiger partial charge is 0.492 e. The van der Waals surface area contributed by atoms with E-state index in [1.165, 1.54) is 11.8 Å². The van der Waals surface area contributed by atoms with Gasteiger partial charge in [-0.2, -0.15) is 0 Å². The molecule has 25 heavy (non-hydrogen) atoms. The number of aromatic nitrogens is 3. The molecule has 1 N–H and O–H groups in total. The second-order valence-electron chi connectivity index (χ2n) is 5.09. The van der Waals surface area contributed by atoms with E-state index in [9.17, 15) is 4.79 Å². The molecule has 7 nitrogen and oxygen atoms in total. The van der Waals surface area contributed by atoms with Crippen molar-refractivity contribution in [3.8, 4) is 5.75 Å². The Balaban J connectivity index is 1.57. The first-order valence-corrected chi connectivity index (χ1v) is 8.79. The lowest BCUT2D eigenvalue weighted by atomic mass is 10.3. The van der Waals surface area contributed by atoms with E-state index in [4.69, 9.17) is 9.15 Å². The number of anilines is 1. The van der Waals surface area contributed by atoms with Gasteiger partial charge >= 0.3 is 0 Å². The molecule has 1 aromatic carbocycles. The number of benzene rings is 1. The first kappa shape index (κ1) is 17.1. The molecular weight excluding hydrogens is 340 g/mol. The van der Waals surface area contributed by atoms with Crippen LogP contribution < -0.4 is 10.1 Å². The molecule has 0 aliphatic rings. The summed E-state index contributed by atoms with van der Waals surface area (Å²) in [5, 5.41) is 11.5. The molecule has 2 heterocycles. The predicted octanol–water partition coefficient (Wildman–Crippen LogP) is 3.05. The average Bonchev–Trinajstić information content (AvgIpc) is 3.27. The molecule has 0 unspecified atom stereocenters. The first-order valence-electron chi connectivity index (χ1n) is 7.81. The fraction of sp³-hybridized carbons (Fsp3) is 0.235. The van der Waals surface area contributed by atoms with Gasteiger partial charge < -0.3 is 19.0 Å². The Bertz CT molecular complexity index is 817. The van der Waals surface area contributed by atoms with Crippen LogP contribution in [0.25, 0.3) is 0 Å². The summed E-state index contributed by atoms with van der Waals surface area (Å²) < 4.78 is 12.7. The monoisotopic (exact) mass is 358 g/mol. The summed E-state index contributed by atoms with van der Waals surface area (Å²) in [5.74, 6) is 1.54. The van der Waals surface area contributed by atoms with E-state index in [2.05, 4.69) is 15.5 Å². The lowest BCUT2D eigenvalue weighted by molar-refractivity contribution is -0.113. The van der Waals surface area contributed by atoms with Gasteiger partial charge in [-0.05, 0) is 31.2 Å². The Hall–Kier alpha value is -2.74. The molecular formula is C17H18N4O3S. The Morgan fingerprint density at radius 1 is 1.32 bits per heavy atom. The number of para-hydroxylation sites is 2. The maximum Gasteiger partial charge on any atom is 0.234 e. The lowest BCUT2D eigenvalue weighted by Gasteiger charge is -2.11. The van der Waals surface area contributed by atoms with Crippen LogP contribution in [0, 0.1) is 0 Å². The van der Waals surface area contributed by atoms with Crippen molar-refractivity contribution in [3.05, 3.63) is 54.7 Å². The number of nitrogens with zero attached hydrogens (tertiary/aromatic N) is 3. The number of hydrogen-bond acceptors (Lipinski definition) is 6. The van der Waals surface area contributed by atoms with Gasteiger partial charge in [-0.15, -0.1) is 10.2 Å². The summed E-state index contributed by atoms with van der Waals surface area (Å²) in [7, 11) is 0. The van der Waals surface area contributed by atoms with Gasteiger partial charge in [-0.3, -0.25) is 4.79 Å². The Kier molecular flexibility index (Phi) is 5.73. The van der Waals surface area contributed by atoms with Crippen molar-refractivity contribution in [2.24, 2.45) is 0 Å². The lowest BCUT2D eigenvalue weighted by Crippen LogP contribution is -2.15. The van der Waals surface area contributed by atoms with Crippen LogP contribution in [0.3, 0.4) is 0 Å². The van der Waals surface area contributed by atoms with Crippen molar-refractivity contribution in [1.29, 1.82) is 0 Å². The quantitative estimate of drug-likeness (QED) is 0.623. The molecule has 130 valence electrons. The standard InChI is InChI=1S/C17H18N4O3S/c1-2-23-15-8-4-3-7-14(15)19-16(22)11-25-17-20-18-12-21(17)10-13-6-5-9-24-13/h3-9,12H,2,10-11H2,1H3,(H,19,22). The summed E-state index contributed by atoms with van der Waals surface area (Å²) in [6.45, 7) is 2.97. The number of nitrogens with one attached hydrogen (secondary N) is 1. The average molecular weight is 358 g/mol. The van der Waals surface area contributed by atoms with Crippen LogP contribution in [0.15, 0.2) is 58.6 Å². The topological polar surface area (TPSA) is 82.2 Å². The highest BCUT2D eigenvalue weighted by molar-refractivity contribution is 7.99. The van der Waals surface area contributed by atoms with Gasteiger partial charge in [-0.25, -0.2) is 0 Å².